The number of ether oxygens (including phenoxy) is 1. The van der Waals surface area contributed by atoms with Gasteiger partial charge >= 0.3 is 5.97 Å². The summed E-state index contributed by atoms with van der Waals surface area (Å²) in [6.45, 7) is 2.03. The Hall–Kier alpha value is -3.81. The van der Waals surface area contributed by atoms with Gasteiger partial charge in [-0.15, -0.1) is 5.11 Å². The molecule has 0 saturated heterocycles. The second-order valence-electron chi connectivity index (χ2n) is 6.86. The molecule has 0 aromatic heterocycles. The zero-order valence-corrected chi connectivity index (χ0v) is 17.1. The summed E-state index contributed by atoms with van der Waals surface area (Å²) < 4.78 is 5.12. The second kappa shape index (κ2) is 9.13. The fourth-order valence-electron chi connectivity index (χ4n) is 3.07. The number of hydrogen-bond acceptors (Lipinski definition) is 6. The predicted molar refractivity (Wildman–Crippen MR) is 115 cm³/mol. The van der Waals surface area contributed by atoms with Crippen molar-refractivity contribution in [3.05, 3.63) is 59.2 Å². The molecule has 1 aliphatic rings. The summed E-state index contributed by atoms with van der Waals surface area (Å²) in [4.78, 5) is 30.4. The highest BCUT2D eigenvalue weighted by molar-refractivity contribution is 6.04. The SMILES string of the molecule is CCOC(=O)C1=Cc2ccc(-c3ccc(C(=O)N(C)C)cc3)cc2N=C(N=NN)C1. The number of esters is 1. The normalized spacial score (nSPS) is 13.2. The van der Waals surface area contributed by atoms with Crippen LogP contribution in [0.5, 0.6) is 0 Å². The highest BCUT2D eigenvalue weighted by Crippen LogP contribution is 2.32. The summed E-state index contributed by atoms with van der Waals surface area (Å²) in [5, 5.41) is 7.16. The van der Waals surface area contributed by atoms with Crippen LogP contribution < -0.4 is 5.84 Å². The quantitative estimate of drug-likeness (QED) is 0.361. The van der Waals surface area contributed by atoms with Crippen molar-refractivity contribution in [2.24, 2.45) is 21.2 Å². The monoisotopic (exact) mass is 405 g/mol. The first-order valence-corrected chi connectivity index (χ1v) is 9.45. The molecule has 1 amide bonds. The summed E-state index contributed by atoms with van der Waals surface area (Å²) in [5.74, 6) is 5.05. The molecule has 0 atom stereocenters. The Bertz CT molecular complexity index is 1050. The predicted octanol–water partition coefficient (Wildman–Crippen LogP) is 3.76. The van der Waals surface area contributed by atoms with E-state index in [1.807, 2.05) is 30.3 Å². The zero-order chi connectivity index (χ0) is 21.7. The van der Waals surface area contributed by atoms with Gasteiger partial charge < -0.3 is 15.5 Å². The molecule has 1 aliphatic heterocycles. The molecule has 2 aromatic rings. The molecule has 8 heteroatoms. The van der Waals surface area contributed by atoms with Gasteiger partial charge in [-0.2, -0.15) is 0 Å². The van der Waals surface area contributed by atoms with Gasteiger partial charge in [-0.05, 0) is 42.3 Å². The summed E-state index contributed by atoms with van der Waals surface area (Å²) in [7, 11) is 3.43. The van der Waals surface area contributed by atoms with Gasteiger partial charge in [0.15, 0.2) is 5.84 Å². The molecule has 8 nitrogen and oxygen atoms in total. The van der Waals surface area contributed by atoms with Crippen LogP contribution in [0.4, 0.5) is 5.69 Å². The average Bonchev–Trinajstić information content (AvgIpc) is 2.92. The van der Waals surface area contributed by atoms with Crippen molar-refractivity contribution >= 4 is 29.5 Å². The van der Waals surface area contributed by atoms with Crippen LogP contribution in [0, 0.1) is 0 Å². The van der Waals surface area contributed by atoms with Gasteiger partial charge in [0, 0.05) is 37.2 Å². The van der Waals surface area contributed by atoms with E-state index < -0.39 is 5.97 Å². The lowest BCUT2D eigenvalue weighted by Gasteiger charge is -2.11. The van der Waals surface area contributed by atoms with Crippen molar-refractivity contribution in [2.45, 2.75) is 13.3 Å². The van der Waals surface area contributed by atoms with Crippen molar-refractivity contribution in [3.8, 4) is 11.1 Å². The van der Waals surface area contributed by atoms with Crippen LogP contribution in [0.25, 0.3) is 17.2 Å². The number of rotatable bonds is 4. The maximum absolute atomic E-state index is 12.3. The van der Waals surface area contributed by atoms with E-state index in [0.717, 1.165) is 16.7 Å². The zero-order valence-electron chi connectivity index (χ0n) is 17.1. The Morgan fingerprint density at radius 2 is 1.83 bits per heavy atom. The highest BCUT2D eigenvalue weighted by Gasteiger charge is 2.19. The van der Waals surface area contributed by atoms with Crippen LogP contribution in [-0.2, 0) is 9.53 Å². The minimum atomic E-state index is -0.421. The van der Waals surface area contributed by atoms with Crippen LogP contribution in [0.2, 0.25) is 0 Å². The average molecular weight is 405 g/mol. The number of amides is 1. The van der Waals surface area contributed by atoms with Gasteiger partial charge in [-0.3, -0.25) is 4.79 Å². The minimum absolute atomic E-state index is 0.0542. The molecule has 2 N–H and O–H groups in total. The van der Waals surface area contributed by atoms with Gasteiger partial charge in [-0.25, -0.2) is 9.79 Å². The minimum Gasteiger partial charge on any atom is -0.463 e. The van der Waals surface area contributed by atoms with E-state index in [4.69, 9.17) is 10.6 Å². The van der Waals surface area contributed by atoms with E-state index >= 15 is 0 Å². The lowest BCUT2D eigenvalue weighted by molar-refractivity contribution is -0.138. The van der Waals surface area contributed by atoms with Gasteiger partial charge in [0.1, 0.15) is 0 Å². The number of benzene rings is 2. The molecule has 30 heavy (non-hydrogen) atoms. The van der Waals surface area contributed by atoms with Crippen LogP contribution in [-0.4, -0.2) is 43.3 Å². The third-order valence-electron chi connectivity index (χ3n) is 4.54. The maximum Gasteiger partial charge on any atom is 0.334 e. The van der Waals surface area contributed by atoms with Crippen molar-refractivity contribution in [3.63, 3.8) is 0 Å². The molecular weight excluding hydrogens is 382 g/mol. The van der Waals surface area contributed by atoms with E-state index in [2.05, 4.69) is 15.3 Å². The largest absolute Gasteiger partial charge is 0.463 e. The molecule has 0 unspecified atom stereocenters. The van der Waals surface area contributed by atoms with E-state index in [0.29, 0.717) is 22.7 Å². The van der Waals surface area contributed by atoms with E-state index in [-0.39, 0.29) is 18.9 Å². The lowest BCUT2D eigenvalue weighted by Crippen LogP contribution is -2.21. The fourth-order valence-corrected chi connectivity index (χ4v) is 3.07. The summed E-state index contributed by atoms with van der Waals surface area (Å²) >= 11 is 0. The Morgan fingerprint density at radius 3 is 2.47 bits per heavy atom. The molecule has 0 bridgehead atoms. The lowest BCUT2D eigenvalue weighted by atomic mass is 10.00. The van der Waals surface area contributed by atoms with Crippen LogP contribution in [0.1, 0.15) is 29.3 Å². The smallest absolute Gasteiger partial charge is 0.334 e. The van der Waals surface area contributed by atoms with E-state index in [1.165, 1.54) is 4.90 Å². The number of hydrogen-bond donors (Lipinski definition) is 1. The number of amidine groups is 1. The van der Waals surface area contributed by atoms with Crippen LogP contribution >= 0.6 is 0 Å². The Balaban J connectivity index is 2.00. The molecule has 3 rings (SSSR count). The van der Waals surface area contributed by atoms with Gasteiger partial charge in [-0.1, -0.05) is 29.5 Å². The number of nitrogens with two attached hydrogens (primary N) is 1. The van der Waals surface area contributed by atoms with Crippen molar-refractivity contribution in [1.82, 2.24) is 4.90 Å². The first kappa shape index (κ1) is 20.9. The van der Waals surface area contributed by atoms with Crippen molar-refractivity contribution in [2.75, 3.05) is 20.7 Å². The van der Waals surface area contributed by atoms with Gasteiger partial charge in [0.05, 0.1) is 12.3 Å². The first-order valence-electron chi connectivity index (χ1n) is 9.45. The van der Waals surface area contributed by atoms with Crippen LogP contribution in [0.15, 0.2) is 63.4 Å². The van der Waals surface area contributed by atoms with Crippen molar-refractivity contribution in [1.29, 1.82) is 0 Å². The molecule has 0 fully saturated rings. The molecule has 0 spiro atoms. The standard InChI is InChI=1S/C22H23N5O3/c1-4-30-22(29)18-11-17-10-9-16(12-19(17)24-20(13-18)25-26-23)14-5-7-15(8-6-14)21(28)27(2)3/h5-12H,4,13H2,1-3H3,(H2,23,24,25). The third-order valence-corrected chi connectivity index (χ3v) is 4.54. The number of fused-ring (bicyclic) bond motifs is 1. The molecule has 1 heterocycles. The molecule has 0 saturated carbocycles. The molecule has 0 aliphatic carbocycles. The Kier molecular flexibility index (Phi) is 6.36. The third kappa shape index (κ3) is 4.60. The Morgan fingerprint density at radius 1 is 1.13 bits per heavy atom. The summed E-state index contributed by atoms with van der Waals surface area (Å²) in [5.41, 5.74) is 4.30. The molecule has 2 aromatic carbocycles. The fraction of sp³-hybridized carbons (Fsp3) is 0.227. The van der Waals surface area contributed by atoms with E-state index in [9.17, 15) is 9.59 Å². The van der Waals surface area contributed by atoms with Gasteiger partial charge in [0.25, 0.3) is 5.91 Å². The number of carbonyl (C=O) groups excluding carboxylic acids is 2. The first-order chi connectivity index (χ1) is 14.4. The van der Waals surface area contributed by atoms with Gasteiger partial charge in [0.2, 0.25) is 0 Å². The van der Waals surface area contributed by atoms with E-state index in [1.54, 1.807) is 39.2 Å². The summed E-state index contributed by atoms with van der Waals surface area (Å²) in [6.07, 6.45) is 1.92. The molecule has 0 radical (unpaired) electrons. The highest BCUT2D eigenvalue weighted by atomic mass is 16.5. The second-order valence-corrected chi connectivity index (χ2v) is 6.86. The topological polar surface area (TPSA) is 110 Å². The molecular formula is C22H23N5O3. The molecule has 154 valence electrons. The number of carbonyl (C=O) groups is 2. The summed E-state index contributed by atoms with van der Waals surface area (Å²) in [6, 6.07) is 13.1. The van der Waals surface area contributed by atoms with Crippen molar-refractivity contribution < 1.29 is 14.3 Å². The Labute approximate surface area is 174 Å². The number of nitrogens with zero attached hydrogens (tertiary/aromatic N) is 4. The number of aliphatic imine (C=N–C) groups is 1. The van der Waals surface area contributed by atoms with Crippen LogP contribution in [0.3, 0.4) is 0 Å². The maximum atomic E-state index is 12.3.